The molecule has 5 heteroatoms. The van der Waals surface area contributed by atoms with E-state index in [0.717, 1.165) is 41.9 Å². The highest BCUT2D eigenvalue weighted by atomic mass is 79.9. The normalized spacial score (nSPS) is 20.7. The van der Waals surface area contributed by atoms with Gasteiger partial charge in [-0.05, 0) is 60.3 Å². The third-order valence-corrected chi connectivity index (χ3v) is 5.17. The lowest BCUT2D eigenvalue weighted by molar-refractivity contribution is 0.0815. The second-order valence-electron chi connectivity index (χ2n) is 5.98. The van der Waals surface area contributed by atoms with Crippen molar-refractivity contribution in [1.82, 2.24) is 4.90 Å². The Kier molecular flexibility index (Phi) is 6.53. The summed E-state index contributed by atoms with van der Waals surface area (Å²) in [5.41, 5.74) is 1.19. The number of piperidine rings is 1. The molecule has 0 bridgehead atoms. The van der Waals surface area contributed by atoms with E-state index >= 15 is 0 Å². The van der Waals surface area contributed by atoms with Crippen LogP contribution >= 0.6 is 15.9 Å². The van der Waals surface area contributed by atoms with Gasteiger partial charge in [0.25, 0.3) is 0 Å². The molecule has 0 radical (unpaired) electrons. The van der Waals surface area contributed by atoms with E-state index in [4.69, 9.17) is 9.47 Å². The second kappa shape index (κ2) is 8.18. The minimum atomic E-state index is -0.251. The van der Waals surface area contributed by atoms with Crippen LogP contribution in [0.15, 0.2) is 16.6 Å². The third-order valence-electron chi connectivity index (χ3n) is 4.30. The number of aliphatic hydroxyl groups is 1. The number of halogens is 1. The Hall–Kier alpha value is -0.780. The molecule has 1 fully saturated rings. The second-order valence-corrected chi connectivity index (χ2v) is 6.77. The Balaban J connectivity index is 2.17. The number of rotatable bonds is 6. The van der Waals surface area contributed by atoms with E-state index in [-0.39, 0.29) is 6.10 Å². The van der Waals surface area contributed by atoms with Crippen LogP contribution in [0.5, 0.6) is 11.5 Å². The van der Waals surface area contributed by atoms with E-state index in [2.05, 4.69) is 26.9 Å². The van der Waals surface area contributed by atoms with Gasteiger partial charge in [0.15, 0.2) is 11.5 Å². The molecule has 2 rings (SSSR count). The Morgan fingerprint density at radius 3 is 2.73 bits per heavy atom. The van der Waals surface area contributed by atoms with Crippen molar-refractivity contribution >= 4 is 15.9 Å². The van der Waals surface area contributed by atoms with Crippen LogP contribution in [0.2, 0.25) is 0 Å². The zero-order valence-corrected chi connectivity index (χ0v) is 15.2. The zero-order valence-electron chi connectivity index (χ0n) is 13.6. The average Bonchev–Trinajstić information content (AvgIpc) is 2.50. The number of likely N-dealkylation sites (tertiary alicyclic amines) is 1. The molecule has 0 saturated carbocycles. The molecule has 1 aromatic carbocycles. The fourth-order valence-electron chi connectivity index (χ4n) is 3.20. The van der Waals surface area contributed by atoms with Gasteiger partial charge in [-0.2, -0.15) is 0 Å². The predicted octanol–water partition coefficient (Wildman–Crippen LogP) is 3.59. The molecule has 0 spiro atoms. The molecular weight excluding hydrogens is 346 g/mol. The molecule has 1 heterocycles. The van der Waals surface area contributed by atoms with Gasteiger partial charge in [-0.3, -0.25) is 4.90 Å². The number of ether oxygens (including phenoxy) is 2. The van der Waals surface area contributed by atoms with Crippen LogP contribution in [-0.4, -0.2) is 42.9 Å². The van der Waals surface area contributed by atoms with Gasteiger partial charge in [0, 0.05) is 12.6 Å². The maximum Gasteiger partial charge on any atom is 0.175 e. The summed E-state index contributed by atoms with van der Waals surface area (Å²) in [4.78, 5) is 2.47. The Bertz CT molecular complexity index is 493. The van der Waals surface area contributed by atoms with Gasteiger partial charge in [-0.25, -0.2) is 0 Å². The van der Waals surface area contributed by atoms with E-state index < -0.39 is 0 Å². The summed E-state index contributed by atoms with van der Waals surface area (Å²) < 4.78 is 11.7. The lowest BCUT2D eigenvalue weighted by Gasteiger charge is -2.36. The fraction of sp³-hybridized carbons (Fsp3) is 0.647. The molecule has 0 aliphatic carbocycles. The summed E-state index contributed by atoms with van der Waals surface area (Å²) in [7, 11) is 3.30. The zero-order chi connectivity index (χ0) is 16.1. The largest absolute Gasteiger partial charge is 0.493 e. The molecule has 1 aromatic rings. The quantitative estimate of drug-likeness (QED) is 0.829. The lowest BCUT2D eigenvalue weighted by Crippen LogP contribution is -2.40. The molecule has 1 aliphatic rings. The van der Waals surface area contributed by atoms with Crippen molar-refractivity contribution < 1.29 is 14.6 Å². The molecular formula is C17H26BrNO3. The molecule has 1 aliphatic heterocycles. The van der Waals surface area contributed by atoms with Gasteiger partial charge in [0.1, 0.15) is 0 Å². The minimum absolute atomic E-state index is 0.251. The van der Waals surface area contributed by atoms with Gasteiger partial charge in [-0.1, -0.05) is 12.5 Å². The van der Waals surface area contributed by atoms with Gasteiger partial charge in [0.05, 0.1) is 24.8 Å². The molecule has 0 unspecified atom stereocenters. The summed E-state index contributed by atoms with van der Waals surface area (Å²) in [6, 6.07) is 4.49. The lowest BCUT2D eigenvalue weighted by atomic mass is 9.96. The summed E-state index contributed by atoms with van der Waals surface area (Å²) in [5.74, 6) is 1.47. The molecule has 22 heavy (non-hydrogen) atoms. The number of benzene rings is 1. The van der Waals surface area contributed by atoms with Crippen LogP contribution in [0.1, 0.15) is 38.2 Å². The smallest absolute Gasteiger partial charge is 0.175 e. The first-order chi connectivity index (χ1) is 10.6. The van der Waals surface area contributed by atoms with Crippen molar-refractivity contribution in [2.45, 2.75) is 51.3 Å². The van der Waals surface area contributed by atoms with Crippen LogP contribution in [0.4, 0.5) is 0 Å². The molecule has 1 saturated heterocycles. The molecule has 2 atom stereocenters. The average molecular weight is 372 g/mol. The van der Waals surface area contributed by atoms with Crippen LogP contribution in [0.25, 0.3) is 0 Å². The Morgan fingerprint density at radius 2 is 2.09 bits per heavy atom. The molecule has 0 aromatic heterocycles. The Morgan fingerprint density at radius 1 is 1.32 bits per heavy atom. The standard InChI is InChI=1S/C17H26BrNO3/c1-12(20)10-14-6-4-5-9-19(14)11-13-7-8-15(21-2)17(22-3)16(13)18/h7-8,12,14,20H,4-6,9-11H2,1-3H3/t12-,14+/m1/s1. The van der Waals surface area contributed by atoms with Gasteiger partial charge >= 0.3 is 0 Å². The highest BCUT2D eigenvalue weighted by Gasteiger charge is 2.25. The van der Waals surface area contributed by atoms with Gasteiger partial charge in [0.2, 0.25) is 0 Å². The molecule has 1 N–H and O–H groups in total. The van der Waals surface area contributed by atoms with E-state index in [9.17, 15) is 5.11 Å². The van der Waals surface area contributed by atoms with Crippen LogP contribution in [-0.2, 0) is 6.54 Å². The van der Waals surface area contributed by atoms with E-state index in [1.165, 1.54) is 18.4 Å². The summed E-state index contributed by atoms with van der Waals surface area (Å²) >= 11 is 3.65. The van der Waals surface area contributed by atoms with Crippen molar-refractivity contribution in [2.75, 3.05) is 20.8 Å². The summed E-state index contributed by atoms with van der Waals surface area (Å²) in [5, 5.41) is 9.72. The minimum Gasteiger partial charge on any atom is -0.493 e. The van der Waals surface area contributed by atoms with Crippen LogP contribution in [0.3, 0.4) is 0 Å². The number of nitrogens with zero attached hydrogens (tertiary/aromatic N) is 1. The van der Waals surface area contributed by atoms with Crippen molar-refractivity contribution in [3.8, 4) is 11.5 Å². The molecule has 0 amide bonds. The first-order valence-corrected chi connectivity index (χ1v) is 8.67. The summed E-state index contributed by atoms with van der Waals surface area (Å²) in [6.45, 7) is 3.82. The van der Waals surface area contributed by atoms with Crippen molar-refractivity contribution in [3.63, 3.8) is 0 Å². The van der Waals surface area contributed by atoms with Crippen LogP contribution in [0, 0.1) is 0 Å². The topological polar surface area (TPSA) is 41.9 Å². The third kappa shape index (κ3) is 4.15. The number of methoxy groups -OCH3 is 2. The first-order valence-electron chi connectivity index (χ1n) is 7.88. The first kappa shape index (κ1) is 17.6. The SMILES string of the molecule is COc1ccc(CN2CCCC[C@H]2C[C@@H](C)O)c(Br)c1OC. The number of hydrogen-bond acceptors (Lipinski definition) is 4. The molecule has 124 valence electrons. The fourth-order valence-corrected chi connectivity index (χ4v) is 3.81. The molecule has 4 nitrogen and oxygen atoms in total. The van der Waals surface area contributed by atoms with Crippen LogP contribution < -0.4 is 9.47 Å². The Labute approximate surface area is 141 Å². The summed E-state index contributed by atoms with van der Waals surface area (Å²) in [6.07, 6.45) is 4.22. The van der Waals surface area contributed by atoms with E-state index in [1.54, 1.807) is 14.2 Å². The van der Waals surface area contributed by atoms with E-state index in [1.807, 2.05) is 13.0 Å². The maximum atomic E-state index is 9.72. The van der Waals surface area contributed by atoms with Gasteiger partial charge < -0.3 is 14.6 Å². The number of aliphatic hydroxyl groups excluding tert-OH is 1. The highest BCUT2D eigenvalue weighted by Crippen LogP contribution is 2.38. The van der Waals surface area contributed by atoms with E-state index in [0.29, 0.717) is 6.04 Å². The van der Waals surface area contributed by atoms with Crippen molar-refractivity contribution in [3.05, 3.63) is 22.2 Å². The monoisotopic (exact) mass is 371 g/mol. The van der Waals surface area contributed by atoms with Crippen molar-refractivity contribution in [2.24, 2.45) is 0 Å². The highest BCUT2D eigenvalue weighted by molar-refractivity contribution is 9.10. The predicted molar refractivity (Wildman–Crippen MR) is 91.6 cm³/mol. The van der Waals surface area contributed by atoms with Crippen molar-refractivity contribution in [1.29, 1.82) is 0 Å². The number of hydrogen-bond donors (Lipinski definition) is 1. The maximum absolute atomic E-state index is 9.72. The van der Waals surface area contributed by atoms with Gasteiger partial charge in [-0.15, -0.1) is 0 Å².